The molecule has 30 heavy (non-hydrogen) atoms. The standard InChI is InChI=1S/C21H17Cl2N7/c22-17-11-16(24)12-18(23)20(17)26-25-19(14-7-3-1-4-8-14)13-30-28-21(27-29-30)15-9-5-2-6-10-15/h1-12,26H,13,24H2/b25-19+. The first-order valence-electron chi connectivity index (χ1n) is 9.06. The Bertz CT molecular complexity index is 1150. The zero-order valence-corrected chi connectivity index (χ0v) is 17.2. The molecule has 0 fully saturated rings. The van der Waals surface area contributed by atoms with Crippen LogP contribution in [0.25, 0.3) is 11.4 Å². The van der Waals surface area contributed by atoms with Crippen LogP contribution in [0.2, 0.25) is 10.0 Å². The van der Waals surface area contributed by atoms with E-state index in [9.17, 15) is 0 Å². The number of nitrogens with two attached hydrogens (primary N) is 1. The molecule has 0 bridgehead atoms. The largest absolute Gasteiger partial charge is 0.399 e. The van der Waals surface area contributed by atoms with Crippen molar-refractivity contribution in [3.8, 4) is 11.4 Å². The maximum absolute atomic E-state index is 6.26. The number of nitrogen functional groups attached to an aromatic ring is 1. The maximum atomic E-state index is 6.26. The summed E-state index contributed by atoms with van der Waals surface area (Å²) in [5.41, 5.74) is 12.1. The summed E-state index contributed by atoms with van der Waals surface area (Å²) in [6, 6.07) is 22.6. The molecule has 0 aliphatic heterocycles. The molecule has 7 nitrogen and oxygen atoms in total. The van der Waals surface area contributed by atoms with Gasteiger partial charge >= 0.3 is 0 Å². The third-order valence-electron chi connectivity index (χ3n) is 4.25. The average Bonchev–Trinajstić information content (AvgIpc) is 3.22. The number of hydrogen-bond acceptors (Lipinski definition) is 6. The highest BCUT2D eigenvalue weighted by atomic mass is 35.5. The van der Waals surface area contributed by atoms with Crippen molar-refractivity contribution in [2.45, 2.75) is 6.54 Å². The quantitative estimate of drug-likeness (QED) is 0.258. The zero-order chi connectivity index (χ0) is 20.9. The molecule has 9 heteroatoms. The van der Waals surface area contributed by atoms with Crippen molar-refractivity contribution < 1.29 is 0 Å². The van der Waals surface area contributed by atoms with Crippen molar-refractivity contribution in [2.24, 2.45) is 5.10 Å². The van der Waals surface area contributed by atoms with Gasteiger partial charge in [-0.05, 0) is 22.9 Å². The predicted molar refractivity (Wildman–Crippen MR) is 121 cm³/mol. The molecule has 0 saturated carbocycles. The fourth-order valence-corrected chi connectivity index (χ4v) is 3.38. The third kappa shape index (κ3) is 4.59. The average molecular weight is 438 g/mol. The van der Waals surface area contributed by atoms with E-state index in [2.05, 4.69) is 25.9 Å². The minimum Gasteiger partial charge on any atom is -0.399 e. The van der Waals surface area contributed by atoms with Gasteiger partial charge in [0.2, 0.25) is 5.82 Å². The fraction of sp³-hybridized carbons (Fsp3) is 0.0476. The summed E-state index contributed by atoms with van der Waals surface area (Å²) in [5.74, 6) is 0.542. The van der Waals surface area contributed by atoms with Crippen LogP contribution in [0.15, 0.2) is 77.9 Å². The van der Waals surface area contributed by atoms with Crippen LogP contribution in [-0.2, 0) is 6.54 Å². The lowest BCUT2D eigenvalue weighted by Gasteiger charge is -2.10. The normalized spacial score (nSPS) is 11.5. The Morgan fingerprint density at radius 2 is 1.60 bits per heavy atom. The third-order valence-corrected chi connectivity index (χ3v) is 4.85. The maximum Gasteiger partial charge on any atom is 0.204 e. The van der Waals surface area contributed by atoms with E-state index in [1.54, 1.807) is 12.1 Å². The van der Waals surface area contributed by atoms with Crippen molar-refractivity contribution in [3.63, 3.8) is 0 Å². The Morgan fingerprint density at radius 1 is 0.967 bits per heavy atom. The number of nitrogens with one attached hydrogen (secondary N) is 1. The molecule has 0 amide bonds. The molecular weight excluding hydrogens is 421 g/mol. The number of benzene rings is 3. The number of aromatic nitrogens is 4. The lowest BCUT2D eigenvalue weighted by molar-refractivity contribution is 0.599. The van der Waals surface area contributed by atoms with E-state index >= 15 is 0 Å². The minimum atomic E-state index is 0.293. The van der Waals surface area contributed by atoms with Crippen LogP contribution in [-0.4, -0.2) is 25.9 Å². The van der Waals surface area contributed by atoms with Crippen molar-refractivity contribution >= 4 is 40.3 Å². The second-order valence-electron chi connectivity index (χ2n) is 6.41. The summed E-state index contributed by atoms with van der Waals surface area (Å²) in [6.45, 7) is 0.293. The molecular formula is C21H17Cl2N7. The van der Waals surface area contributed by atoms with Gasteiger partial charge in [0.15, 0.2) is 0 Å². The number of hydrazone groups is 1. The second-order valence-corrected chi connectivity index (χ2v) is 7.22. The van der Waals surface area contributed by atoms with Crippen molar-refractivity contribution in [2.75, 3.05) is 11.2 Å². The van der Waals surface area contributed by atoms with Crippen LogP contribution in [0.5, 0.6) is 0 Å². The van der Waals surface area contributed by atoms with Gasteiger partial charge in [-0.25, -0.2) is 0 Å². The summed E-state index contributed by atoms with van der Waals surface area (Å²) < 4.78 is 0. The van der Waals surface area contributed by atoms with E-state index < -0.39 is 0 Å². The van der Waals surface area contributed by atoms with E-state index in [0.717, 1.165) is 11.1 Å². The van der Waals surface area contributed by atoms with Crippen molar-refractivity contribution in [1.82, 2.24) is 20.2 Å². The van der Waals surface area contributed by atoms with Gasteiger partial charge in [-0.3, -0.25) is 5.43 Å². The molecule has 3 aromatic carbocycles. The number of nitrogens with zero attached hydrogens (tertiary/aromatic N) is 5. The number of rotatable bonds is 6. The van der Waals surface area contributed by atoms with Gasteiger partial charge in [0.25, 0.3) is 0 Å². The smallest absolute Gasteiger partial charge is 0.204 e. The molecule has 0 aliphatic carbocycles. The molecule has 3 N–H and O–H groups in total. The highest BCUT2D eigenvalue weighted by Crippen LogP contribution is 2.32. The Morgan fingerprint density at radius 3 is 2.27 bits per heavy atom. The summed E-state index contributed by atoms with van der Waals surface area (Å²) in [6.07, 6.45) is 0. The van der Waals surface area contributed by atoms with Crippen LogP contribution in [0, 0.1) is 0 Å². The van der Waals surface area contributed by atoms with E-state index in [-0.39, 0.29) is 0 Å². The molecule has 4 rings (SSSR count). The number of hydrogen-bond donors (Lipinski definition) is 2. The van der Waals surface area contributed by atoms with Gasteiger partial charge in [-0.2, -0.15) is 9.90 Å². The molecule has 0 aliphatic rings. The monoisotopic (exact) mass is 437 g/mol. The van der Waals surface area contributed by atoms with Gasteiger partial charge in [-0.15, -0.1) is 10.2 Å². The first-order valence-corrected chi connectivity index (χ1v) is 9.81. The zero-order valence-electron chi connectivity index (χ0n) is 15.7. The lowest BCUT2D eigenvalue weighted by Crippen LogP contribution is -2.16. The highest BCUT2D eigenvalue weighted by molar-refractivity contribution is 6.39. The molecule has 0 unspecified atom stereocenters. The van der Waals surface area contributed by atoms with Crippen LogP contribution >= 0.6 is 23.2 Å². The van der Waals surface area contributed by atoms with E-state index in [0.29, 0.717) is 39.5 Å². The van der Waals surface area contributed by atoms with Crippen molar-refractivity contribution in [1.29, 1.82) is 0 Å². The first kappa shape index (κ1) is 19.9. The van der Waals surface area contributed by atoms with Gasteiger partial charge in [0, 0.05) is 11.3 Å². The molecule has 1 heterocycles. The van der Waals surface area contributed by atoms with Gasteiger partial charge in [0.05, 0.1) is 21.4 Å². The molecule has 150 valence electrons. The van der Waals surface area contributed by atoms with Crippen molar-refractivity contribution in [3.05, 3.63) is 88.4 Å². The Kier molecular flexibility index (Phi) is 5.92. The topological polar surface area (TPSA) is 94.0 Å². The van der Waals surface area contributed by atoms with Crippen LogP contribution in [0.3, 0.4) is 0 Å². The van der Waals surface area contributed by atoms with E-state index in [1.807, 2.05) is 60.7 Å². The summed E-state index contributed by atoms with van der Waals surface area (Å²) in [5, 5.41) is 18.0. The first-order chi connectivity index (χ1) is 14.6. The fourth-order valence-electron chi connectivity index (χ4n) is 2.79. The minimum absolute atomic E-state index is 0.293. The molecule has 0 spiro atoms. The predicted octanol–water partition coefficient (Wildman–Crippen LogP) is 4.75. The molecule has 0 saturated heterocycles. The molecule has 0 atom stereocenters. The summed E-state index contributed by atoms with van der Waals surface area (Å²) >= 11 is 12.5. The number of anilines is 2. The Labute approximate surface area is 183 Å². The van der Waals surface area contributed by atoms with E-state index in [4.69, 9.17) is 28.9 Å². The summed E-state index contributed by atoms with van der Waals surface area (Å²) in [7, 11) is 0. The van der Waals surface area contributed by atoms with Gasteiger partial charge < -0.3 is 5.73 Å². The SMILES string of the molecule is Nc1cc(Cl)c(N/N=C(\Cn2nnc(-c3ccccc3)n2)c2ccccc2)c(Cl)c1. The lowest BCUT2D eigenvalue weighted by atomic mass is 10.1. The molecule has 1 aromatic heterocycles. The second kappa shape index (κ2) is 8.94. The van der Waals surface area contributed by atoms with E-state index in [1.165, 1.54) is 4.80 Å². The Balaban J connectivity index is 1.63. The molecule has 4 aromatic rings. The van der Waals surface area contributed by atoms with Crippen LogP contribution < -0.4 is 11.2 Å². The number of tetrazole rings is 1. The Hall–Kier alpha value is -3.42. The summed E-state index contributed by atoms with van der Waals surface area (Å²) in [4.78, 5) is 1.49. The number of halogens is 2. The van der Waals surface area contributed by atoms with Crippen LogP contribution in [0.1, 0.15) is 5.56 Å². The highest BCUT2D eigenvalue weighted by Gasteiger charge is 2.12. The molecule has 0 radical (unpaired) electrons. The van der Waals surface area contributed by atoms with Gasteiger partial charge in [-0.1, -0.05) is 83.9 Å². The van der Waals surface area contributed by atoms with Crippen LogP contribution in [0.4, 0.5) is 11.4 Å². The van der Waals surface area contributed by atoms with Gasteiger partial charge in [0.1, 0.15) is 6.54 Å².